The third-order valence-corrected chi connectivity index (χ3v) is 5.47. The van der Waals surface area contributed by atoms with E-state index in [9.17, 15) is 0 Å². The van der Waals surface area contributed by atoms with Gasteiger partial charge in [-0.25, -0.2) is 0 Å². The molecule has 0 amide bonds. The highest BCUT2D eigenvalue weighted by Gasteiger charge is 2.20. The van der Waals surface area contributed by atoms with E-state index < -0.39 is 0 Å². The van der Waals surface area contributed by atoms with E-state index in [1.165, 1.54) is 44.9 Å². The number of nitrogens with two attached hydrogens (primary N) is 1. The number of nitrogens with one attached hydrogen (secondary N) is 1. The maximum atomic E-state index is 5.65. The zero-order chi connectivity index (χ0) is 11.9. The van der Waals surface area contributed by atoms with E-state index >= 15 is 0 Å². The first-order valence-electron chi connectivity index (χ1n) is 7.08. The van der Waals surface area contributed by atoms with Crippen LogP contribution in [0.5, 0.6) is 0 Å². The minimum absolute atomic E-state index is 0.463. The van der Waals surface area contributed by atoms with E-state index in [2.05, 4.69) is 17.2 Å². The smallest absolute Gasteiger partial charge is 0.0576 e. The van der Waals surface area contributed by atoms with Crippen LogP contribution in [-0.2, 0) is 4.74 Å². The van der Waals surface area contributed by atoms with Gasteiger partial charge in [0.25, 0.3) is 0 Å². The summed E-state index contributed by atoms with van der Waals surface area (Å²) in [6.07, 6.45) is 11.0. The lowest BCUT2D eigenvalue weighted by molar-refractivity contribution is 0.100. The number of rotatable bonds is 7. The van der Waals surface area contributed by atoms with Crippen LogP contribution in [0.25, 0.3) is 0 Å². The van der Waals surface area contributed by atoms with Crippen molar-refractivity contribution in [2.24, 2.45) is 5.84 Å². The summed E-state index contributed by atoms with van der Waals surface area (Å²) >= 11 is 2.12. The summed E-state index contributed by atoms with van der Waals surface area (Å²) in [4.78, 5) is 0. The second-order valence-electron chi connectivity index (χ2n) is 5.32. The van der Waals surface area contributed by atoms with Crippen LogP contribution < -0.4 is 11.3 Å². The lowest BCUT2D eigenvalue weighted by Gasteiger charge is -2.19. The highest BCUT2D eigenvalue weighted by atomic mass is 32.2. The molecule has 4 heteroatoms. The molecule has 2 unspecified atom stereocenters. The molecule has 3 nitrogen and oxygen atoms in total. The lowest BCUT2D eigenvalue weighted by atomic mass is 10.1. The topological polar surface area (TPSA) is 47.3 Å². The van der Waals surface area contributed by atoms with Gasteiger partial charge in [0.05, 0.1) is 6.10 Å². The third kappa shape index (κ3) is 4.78. The van der Waals surface area contributed by atoms with E-state index in [-0.39, 0.29) is 0 Å². The average molecular weight is 258 g/mol. The predicted octanol–water partition coefficient (Wildman–Crippen LogP) is 2.45. The van der Waals surface area contributed by atoms with Crippen molar-refractivity contribution < 1.29 is 4.74 Å². The van der Waals surface area contributed by atoms with Gasteiger partial charge in [-0.15, -0.1) is 0 Å². The molecule has 100 valence electrons. The normalized spacial score (nSPS) is 27.7. The lowest BCUT2D eigenvalue weighted by Crippen LogP contribution is -2.38. The van der Waals surface area contributed by atoms with Gasteiger partial charge < -0.3 is 4.74 Å². The molecule has 0 spiro atoms. The first-order chi connectivity index (χ1) is 8.38. The number of ether oxygens (including phenoxy) is 1. The summed E-state index contributed by atoms with van der Waals surface area (Å²) in [5.74, 6) is 6.80. The molecule has 2 atom stereocenters. The summed E-state index contributed by atoms with van der Waals surface area (Å²) in [6, 6.07) is 0.463. The van der Waals surface area contributed by atoms with Crippen molar-refractivity contribution in [3.63, 3.8) is 0 Å². The molecule has 0 aromatic rings. The van der Waals surface area contributed by atoms with Gasteiger partial charge in [-0.3, -0.25) is 11.3 Å². The van der Waals surface area contributed by atoms with Crippen molar-refractivity contribution in [1.29, 1.82) is 0 Å². The molecule has 1 saturated heterocycles. The Morgan fingerprint density at radius 1 is 1.24 bits per heavy atom. The van der Waals surface area contributed by atoms with Crippen LogP contribution in [0.15, 0.2) is 0 Å². The van der Waals surface area contributed by atoms with E-state index in [1.807, 2.05) is 0 Å². The molecule has 2 aliphatic rings. The Hall–Kier alpha value is 0.230. The van der Waals surface area contributed by atoms with E-state index in [0.717, 1.165) is 24.0 Å². The van der Waals surface area contributed by atoms with Crippen LogP contribution in [0.1, 0.15) is 51.4 Å². The second-order valence-corrected chi connectivity index (χ2v) is 6.65. The molecule has 2 fully saturated rings. The Morgan fingerprint density at radius 3 is 2.71 bits per heavy atom. The molecule has 0 aromatic carbocycles. The summed E-state index contributed by atoms with van der Waals surface area (Å²) in [5.41, 5.74) is 2.97. The standard InChI is InChI=1S/C13H26N2OS/c14-15-11(7-8-12-4-3-9-16-12)10-17-13-5-1-2-6-13/h11-13,15H,1-10,14H2. The molecular formula is C13H26N2OS. The highest BCUT2D eigenvalue weighted by molar-refractivity contribution is 7.99. The van der Waals surface area contributed by atoms with Crippen LogP contribution >= 0.6 is 11.8 Å². The van der Waals surface area contributed by atoms with Crippen LogP contribution in [-0.4, -0.2) is 29.8 Å². The van der Waals surface area contributed by atoms with E-state index in [4.69, 9.17) is 10.6 Å². The Labute approximate surface area is 109 Å². The number of hydrogen-bond donors (Lipinski definition) is 2. The molecule has 1 saturated carbocycles. The summed E-state index contributed by atoms with van der Waals surface area (Å²) in [5, 5.41) is 0.897. The molecule has 17 heavy (non-hydrogen) atoms. The van der Waals surface area contributed by atoms with E-state index in [0.29, 0.717) is 12.1 Å². The molecule has 0 radical (unpaired) electrons. The van der Waals surface area contributed by atoms with Crippen molar-refractivity contribution >= 4 is 11.8 Å². The van der Waals surface area contributed by atoms with Crippen LogP contribution in [0.2, 0.25) is 0 Å². The predicted molar refractivity (Wildman–Crippen MR) is 74.0 cm³/mol. The van der Waals surface area contributed by atoms with Gasteiger partial charge in [0.15, 0.2) is 0 Å². The molecule has 3 N–H and O–H groups in total. The first-order valence-corrected chi connectivity index (χ1v) is 8.12. The molecule has 0 aromatic heterocycles. The summed E-state index contributed by atoms with van der Waals surface area (Å²) in [6.45, 7) is 0.961. The highest BCUT2D eigenvalue weighted by Crippen LogP contribution is 2.30. The van der Waals surface area contributed by atoms with Gasteiger partial charge in [-0.1, -0.05) is 12.8 Å². The van der Waals surface area contributed by atoms with Gasteiger partial charge in [0.2, 0.25) is 0 Å². The van der Waals surface area contributed by atoms with Crippen LogP contribution in [0.4, 0.5) is 0 Å². The van der Waals surface area contributed by atoms with Gasteiger partial charge in [0.1, 0.15) is 0 Å². The van der Waals surface area contributed by atoms with Gasteiger partial charge in [-0.2, -0.15) is 11.8 Å². The fourth-order valence-corrected chi connectivity index (χ4v) is 4.22. The molecule has 1 aliphatic heterocycles. The van der Waals surface area contributed by atoms with Gasteiger partial charge >= 0.3 is 0 Å². The largest absolute Gasteiger partial charge is 0.378 e. The fourth-order valence-electron chi connectivity index (χ4n) is 2.78. The fraction of sp³-hybridized carbons (Fsp3) is 1.00. The average Bonchev–Trinajstić information content (AvgIpc) is 3.02. The second kappa shape index (κ2) is 7.62. The SMILES string of the molecule is NNC(CCC1CCCO1)CSC1CCCC1. The Bertz CT molecular complexity index is 184. The monoisotopic (exact) mass is 258 g/mol. The summed E-state index contributed by atoms with van der Waals surface area (Å²) < 4.78 is 5.65. The van der Waals surface area contributed by atoms with Crippen molar-refractivity contribution in [2.75, 3.05) is 12.4 Å². The first kappa shape index (κ1) is 13.7. The number of thioether (sulfide) groups is 1. The Morgan fingerprint density at radius 2 is 2.06 bits per heavy atom. The molecule has 1 heterocycles. The minimum Gasteiger partial charge on any atom is -0.378 e. The third-order valence-electron chi connectivity index (χ3n) is 3.93. The Kier molecular flexibility index (Phi) is 6.12. The van der Waals surface area contributed by atoms with Crippen molar-refractivity contribution in [3.05, 3.63) is 0 Å². The maximum absolute atomic E-state index is 5.65. The molecule has 1 aliphatic carbocycles. The molecular weight excluding hydrogens is 232 g/mol. The van der Waals surface area contributed by atoms with Crippen molar-refractivity contribution in [3.8, 4) is 0 Å². The molecule has 0 bridgehead atoms. The quantitative estimate of drug-likeness (QED) is 0.544. The zero-order valence-corrected chi connectivity index (χ0v) is 11.5. The van der Waals surface area contributed by atoms with Crippen molar-refractivity contribution in [2.45, 2.75) is 68.8 Å². The van der Waals surface area contributed by atoms with Crippen molar-refractivity contribution in [1.82, 2.24) is 5.43 Å². The van der Waals surface area contributed by atoms with Crippen LogP contribution in [0.3, 0.4) is 0 Å². The van der Waals surface area contributed by atoms with Gasteiger partial charge in [0, 0.05) is 23.7 Å². The maximum Gasteiger partial charge on any atom is 0.0576 e. The van der Waals surface area contributed by atoms with Gasteiger partial charge in [-0.05, 0) is 38.5 Å². The number of hydrazine groups is 1. The molecule has 2 rings (SSSR count). The zero-order valence-electron chi connectivity index (χ0n) is 10.7. The Balaban J connectivity index is 1.58. The minimum atomic E-state index is 0.463. The van der Waals surface area contributed by atoms with Crippen LogP contribution in [0, 0.1) is 0 Å². The van der Waals surface area contributed by atoms with E-state index in [1.54, 1.807) is 0 Å². The number of hydrogen-bond acceptors (Lipinski definition) is 4. The summed E-state index contributed by atoms with van der Waals surface area (Å²) in [7, 11) is 0.